The molecule has 0 bridgehead atoms. The number of carboxylic acid groups (broad SMARTS) is 1. The molecule has 0 radical (unpaired) electrons. The Balaban J connectivity index is 2.43. The Bertz CT molecular complexity index is 369. The summed E-state index contributed by atoms with van der Waals surface area (Å²) in [4.78, 5) is 11.0. The second kappa shape index (κ2) is 5.31. The normalized spacial score (nSPS) is 14.7. The van der Waals surface area contributed by atoms with E-state index in [0.29, 0.717) is 23.3 Å². The molecular weight excluding hydrogens is 230 g/mol. The molecule has 0 saturated carbocycles. The molecule has 0 saturated heterocycles. The third-order valence-corrected chi connectivity index (χ3v) is 3.18. The molecule has 0 fully saturated rings. The van der Waals surface area contributed by atoms with Gasteiger partial charge < -0.3 is 14.8 Å². The fourth-order valence-electron chi connectivity index (χ4n) is 1.02. The van der Waals surface area contributed by atoms with Crippen molar-refractivity contribution in [1.82, 2.24) is 15.5 Å². The Morgan fingerprint density at radius 1 is 1.62 bits per heavy atom. The molecule has 1 unspecified atom stereocenters. The molecule has 6 nitrogen and oxygen atoms in total. The highest BCUT2D eigenvalue weighted by molar-refractivity contribution is 7.99. The van der Waals surface area contributed by atoms with E-state index in [0.717, 1.165) is 0 Å². The van der Waals surface area contributed by atoms with E-state index in [4.69, 9.17) is 9.52 Å². The zero-order chi connectivity index (χ0) is 12.2. The first kappa shape index (κ1) is 13.0. The van der Waals surface area contributed by atoms with Gasteiger partial charge in [0.25, 0.3) is 5.22 Å². The number of hydrogen-bond donors (Lipinski definition) is 2. The average molecular weight is 245 g/mol. The first-order chi connectivity index (χ1) is 7.48. The van der Waals surface area contributed by atoms with Gasteiger partial charge in [-0.25, -0.2) is 0 Å². The molecule has 0 amide bonds. The molecule has 1 heterocycles. The van der Waals surface area contributed by atoms with Crippen LogP contribution in [0.25, 0.3) is 0 Å². The van der Waals surface area contributed by atoms with E-state index in [9.17, 15) is 4.79 Å². The molecule has 0 aromatic carbocycles. The molecule has 90 valence electrons. The van der Waals surface area contributed by atoms with Crippen LogP contribution in [0.2, 0.25) is 0 Å². The number of nitrogens with zero attached hydrogens (tertiary/aromatic N) is 2. The number of carboxylic acids is 1. The van der Waals surface area contributed by atoms with Crippen molar-refractivity contribution >= 4 is 17.7 Å². The predicted molar refractivity (Wildman–Crippen MR) is 59.5 cm³/mol. The smallest absolute Gasteiger partial charge is 0.323 e. The Morgan fingerprint density at radius 2 is 2.31 bits per heavy atom. The molecule has 0 aliphatic rings. The third kappa shape index (κ3) is 3.21. The lowest BCUT2D eigenvalue weighted by molar-refractivity contribution is -0.144. The number of aliphatic carboxylic acids is 1. The number of likely N-dealkylation sites (N-methyl/N-ethyl adjacent to an activating group) is 1. The summed E-state index contributed by atoms with van der Waals surface area (Å²) in [6.07, 6.45) is 0.477. The fourth-order valence-corrected chi connectivity index (χ4v) is 1.98. The molecular formula is C9H15N3O3S. The van der Waals surface area contributed by atoms with Crippen LogP contribution < -0.4 is 5.32 Å². The highest BCUT2D eigenvalue weighted by Crippen LogP contribution is 2.20. The van der Waals surface area contributed by atoms with E-state index in [-0.39, 0.29) is 0 Å². The Kier molecular flexibility index (Phi) is 4.31. The lowest BCUT2D eigenvalue weighted by Crippen LogP contribution is -2.47. The highest BCUT2D eigenvalue weighted by Gasteiger charge is 2.30. The van der Waals surface area contributed by atoms with Gasteiger partial charge in [0.2, 0.25) is 5.89 Å². The summed E-state index contributed by atoms with van der Waals surface area (Å²) in [7, 11) is 1.63. The number of hydrogen-bond acceptors (Lipinski definition) is 6. The summed E-state index contributed by atoms with van der Waals surface area (Å²) < 4.78 is 5.17. The van der Waals surface area contributed by atoms with E-state index < -0.39 is 11.5 Å². The van der Waals surface area contributed by atoms with Crippen molar-refractivity contribution in [3.05, 3.63) is 5.89 Å². The van der Waals surface area contributed by atoms with Crippen molar-refractivity contribution in [3.8, 4) is 0 Å². The van der Waals surface area contributed by atoms with E-state index in [2.05, 4.69) is 15.5 Å². The second-order valence-corrected chi connectivity index (χ2v) is 4.62. The van der Waals surface area contributed by atoms with Crippen LogP contribution in [-0.4, -0.2) is 39.6 Å². The molecule has 0 aliphatic heterocycles. The van der Waals surface area contributed by atoms with Crippen LogP contribution in [0.3, 0.4) is 0 Å². The monoisotopic (exact) mass is 245 g/mol. The molecule has 1 aromatic rings. The minimum Gasteiger partial charge on any atom is -0.480 e. The van der Waals surface area contributed by atoms with Gasteiger partial charge in [0, 0.05) is 12.7 Å². The second-order valence-electron chi connectivity index (χ2n) is 3.57. The Morgan fingerprint density at radius 3 is 2.75 bits per heavy atom. The molecule has 7 heteroatoms. The van der Waals surface area contributed by atoms with Crippen molar-refractivity contribution in [2.45, 2.75) is 31.0 Å². The molecule has 1 aromatic heterocycles. The van der Waals surface area contributed by atoms with Crippen LogP contribution in [-0.2, 0) is 4.79 Å². The molecule has 0 aliphatic carbocycles. The van der Waals surface area contributed by atoms with Gasteiger partial charge in [-0.05, 0) is 20.4 Å². The largest absolute Gasteiger partial charge is 0.480 e. The SMILES string of the molecule is CNC(C)(CCSc1nnc(C)o1)C(=O)O. The maximum Gasteiger partial charge on any atom is 0.323 e. The van der Waals surface area contributed by atoms with Crippen molar-refractivity contribution in [2.75, 3.05) is 12.8 Å². The lowest BCUT2D eigenvalue weighted by atomic mass is 10.00. The van der Waals surface area contributed by atoms with Crippen molar-refractivity contribution in [2.24, 2.45) is 0 Å². The third-order valence-electron chi connectivity index (χ3n) is 2.36. The highest BCUT2D eigenvalue weighted by atomic mass is 32.2. The number of carbonyl (C=O) groups is 1. The van der Waals surface area contributed by atoms with Crippen molar-refractivity contribution in [1.29, 1.82) is 0 Å². The molecule has 0 spiro atoms. The van der Waals surface area contributed by atoms with Crippen LogP contribution >= 0.6 is 11.8 Å². The van der Waals surface area contributed by atoms with Crippen LogP contribution in [0, 0.1) is 6.92 Å². The van der Waals surface area contributed by atoms with Gasteiger partial charge in [-0.2, -0.15) is 0 Å². The van der Waals surface area contributed by atoms with E-state index >= 15 is 0 Å². The quantitative estimate of drug-likeness (QED) is 0.720. The van der Waals surface area contributed by atoms with Crippen LogP contribution in [0.4, 0.5) is 0 Å². The molecule has 2 N–H and O–H groups in total. The minimum atomic E-state index is -0.915. The maximum absolute atomic E-state index is 11.0. The topological polar surface area (TPSA) is 88.3 Å². The van der Waals surface area contributed by atoms with Crippen LogP contribution in [0.5, 0.6) is 0 Å². The standard InChI is InChI=1S/C9H15N3O3S/c1-6-11-12-8(15-6)16-5-4-9(2,10-3)7(13)14/h10H,4-5H2,1-3H3,(H,13,14). The number of rotatable bonds is 6. The Hall–Kier alpha value is -1.08. The van der Waals surface area contributed by atoms with Crippen LogP contribution in [0.15, 0.2) is 9.64 Å². The van der Waals surface area contributed by atoms with Crippen molar-refractivity contribution in [3.63, 3.8) is 0 Å². The van der Waals surface area contributed by atoms with Gasteiger partial charge in [-0.3, -0.25) is 4.79 Å². The van der Waals surface area contributed by atoms with Gasteiger partial charge in [-0.15, -0.1) is 10.2 Å². The van der Waals surface area contributed by atoms with Crippen LogP contribution in [0.1, 0.15) is 19.2 Å². The summed E-state index contributed by atoms with van der Waals surface area (Å²) >= 11 is 1.36. The predicted octanol–water partition coefficient (Wildman–Crippen LogP) is 0.923. The van der Waals surface area contributed by atoms with Gasteiger partial charge >= 0.3 is 5.97 Å². The number of aryl methyl sites for hydroxylation is 1. The summed E-state index contributed by atoms with van der Waals surface area (Å²) in [6, 6.07) is 0. The first-order valence-electron chi connectivity index (χ1n) is 4.83. The van der Waals surface area contributed by atoms with E-state index in [1.54, 1.807) is 20.9 Å². The molecule has 1 atom stereocenters. The Labute approximate surface area is 97.8 Å². The maximum atomic E-state index is 11.0. The van der Waals surface area contributed by atoms with Gasteiger partial charge in [0.1, 0.15) is 5.54 Å². The van der Waals surface area contributed by atoms with Crippen molar-refractivity contribution < 1.29 is 14.3 Å². The zero-order valence-corrected chi connectivity index (χ0v) is 10.3. The minimum absolute atomic E-state index is 0.473. The molecule has 16 heavy (non-hydrogen) atoms. The summed E-state index contributed by atoms with van der Waals surface area (Å²) in [5.41, 5.74) is -0.915. The fraction of sp³-hybridized carbons (Fsp3) is 0.667. The van der Waals surface area contributed by atoms with Gasteiger partial charge in [0.15, 0.2) is 0 Å². The summed E-state index contributed by atoms with van der Waals surface area (Å²) in [5, 5.41) is 19.8. The molecule has 1 rings (SSSR count). The number of thioether (sulfide) groups is 1. The van der Waals surface area contributed by atoms with E-state index in [1.807, 2.05) is 0 Å². The summed E-state index contributed by atoms with van der Waals surface area (Å²) in [5.74, 6) is 0.250. The van der Waals surface area contributed by atoms with Gasteiger partial charge in [-0.1, -0.05) is 11.8 Å². The van der Waals surface area contributed by atoms with E-state index in [1.165, 1.54) is 11.8 Å². The first-order valence-corrected chi connectivity index (χ1v) is 5.82. The zero-order valence-electron chi connectivity index (χ0n) is 9.48. The number of nitrogens with one attached hydrogen (secondary N) is 1. The lowest BCUT2D eigenvalue weighted by Gasteiger charge is -2.23. The van der Waals surface area contributed by atoms with Gasteiger partial charge in [0.05, 0.1) is 0 Å². The number of aromatic nitrogens is 2. The average Bonchev–Trinajstić information content (AvgIpc) is 2.63. The summed E-state index contributed by atoms with van der Waals surface area (Å²) in [6.45, 7) is 3.36.